The van der Waals surface area contributed by atoms with Gasteiger partial charge in [-0.05, 0) is 53.0 Å². The molecule has 0 atom stereocenters. The number of rotatable bonds is 4. The lowest BCUT2D eigenvalue weighted by molar-refractivity contribution is 0.482. The Hall–Kier alpha value is -0.320. The molecule has 1 N–H and O–H groups in total. The van der Waals surface area contributed by atoms with Crippen LogP contribution in [0.1, 0.15) is 25.2 Å². The van der Waals surface area contributed by atoms with Crippen molar-refractivity contribution in [2.24, 2.45) is 5.92 Å². The molecule has 1 heterocycles. The van der Waals surface area contributed by atoms with E-state index in [1.165, 1.54) is 5.56 Å². The molecule has 0 aliphatic carbocycles. The Bertz CT molecular complexity index is 560. The van der Waals surface area contributed by atoms with Crippen molar-refractivity contribution in [3.63, 3.8) is 0 Å². The molecule has 0 saturated carbocycles. The second kappa shape index (κ2) is 5.76. The Kier molecular flexibility index (Phi) is 4.51. The quantitative estimate of drug-likeness (QED) is 0.813. The van der Waals surface area contributed by atoms with Crippen molar-refractivity contribution in [3.8, 4) is 0 Å². The van der Waals surface area contributed by atoms with E-state index >= 15 is 0 Å². The second-order valence-electron chi connectivity index (χ2n) is 4.94. The molecule has 0 amide bonds. The van der Waals surface area contributed by atoms with Gasteiger partial charge in [0.05, 0.1) is 11.0 Å². The minimum atomic E-state index is 0.649. The van der Waals surface area contributed by atoms with Crippen LogP contribution in [0.3, 0.4) is 0 Å². The minimum absolute atomic E-state index is 0.649. The average molecular weight is 375 g/mol. The number of hydrogen-bond acceptors (Lipinski definition) is 2. The third-order valence-corrected chi connectivity index (χ3v) is 3.94. The highest BCUT2D eigenvalue weighted by Crippen LogP contribution is 2.34. The van der Waals surface area contributed by atoms with E-state index in [0.29, 0.717) is 5.92 Å². The first kappa shape index (κ1) is 14.1. The summed E-state index contributed by atoms with van der Waals surface area (Å²) in [6, 6.07) is 4.11. The maximum absolute atomic E-state index is 5.94. The lowest BCUT2D eigenvalue weighted by Crippen LogP contribution is -2.18. The Balaban J connectivity index is 2.30. The molecule has 0 saturated heterocycles. The molecule has 2 nitrogen and oxygen atoms in total. The number of furan rings is 1. The van der Waals surface area contributed by atoms with Gasteiger partial charge < -0.3 is 9.73 Å². The number of fused-ring (bicyclic) bond motifs is 1. The van der Waals surface area contributed by atoms with Gasteiger partial charge in [0, 0.05) is 9.86 Å². The summed E-state index contributed by atoms with van der Waals surface area (Å²) in [5.74, 6) is 1.67. The van der Waals surface area contributed by atoms with E-state index in [0.717, 1.165) is 38.8 Å². The summed E-state index contributed by atoms with van der Waals surface area (Å²) in [5.41, 5.74) is 2.14. The van der Waals surface area contributed by atoms with Crippen LogP contribution in [0.4, 0.5) is 0 Å². The van der Waals surface area contributed by atoms with Gasteiger partial charge in [-0.25, -0.2) is 0 Å². The average Bonchev–Trinajstić information content (AvgIpc) is 2.57. The first-order valence-electron chi connectivity index (χ1n) is 6.06. The van der Waals surface area contributed by atoms with Crippen LogP contribution < -0.4 is 5.32 Å². The molecule has 1 aromatic heterocycles. The standard InChI is InChI=1S/C14H17Br2NO/c1-8(2)6-17-7-13-9(3)11-4-10(15)5-12(16)14(11)18-13/h4-5,8,17H,6-7H2,1-3H3. The van der Waals surface area contributed by atoms with Crippen molar-refractivity contribution in [3.05, 3.63) is 32.4 Å². The Morgan fingerprint density at radius 3 is 2.67 bits per heavy atom. The van der Waals surface area contributed by atoms with Gasteiger partial charge in [-0.1, -0.05) is 29.8 Å². The molecule has 0 aliphatic rings. The van der Waals surface area contributed by atoms with Gasteiger partial charge in [-0.3, -0.25) is 0 Å². The smallest absolute Gasteiger partial charge is 0.148 e. The van der Waals surface area contributed by atoms with Crippen LogP contribution in [0.5, 0.6) is 0 Å². The molecule has 0 fully saturated rings. The summed E-state index contributed by atoms with van der Waals surface area (Å²) in [6.45, 7) is 8.29. The number of hydrogen-bond donors (Lipinski definition) is 1. The summed E-state index contributed by atoms with van der Waals surface area (Å²) in [7, 11) is 0. The van der Waals surface area contributed by atoms with Crippen molar-refractivity contribution >= 4 is 42.8 Å². The molecule has 0 unspecified atom stereocenters. The molecule has 2 aromatic rings. The van der Waals surface area contributed by atoms with Gasteiger partial charge in [-0.2, -0.15) is 0 Å². The van der Waals surface area contributed by atoms with Crippen LogP contribution in [-0.4, -0.2) is 6.54 Å². The number of nitrogens with one attached hydrogen (secondary N) is 1. The van der Waals surface area contributed by atoms with Gasteiger partial charge in [0.1, 0.15) is 11.3 Å². The minimum Gasteiger partial charge on any atom is -0.458 e. The zero-order chi connectivity index (χ0) is 13.3. The van der Waals surface area contributed by atoms with E-state index in [2.05, 4.69) is 64.0 Å². The summed E-state index contributed by atoms with van der Waals surface area (Å²) < 4.78 is 7.99. The normalized spacial score (nSPS) is 11.7. The van der Waals surface area contributed by atoms with Crippen LogP contribution in [0.2, 0.25) is 0 Å². The maximum atomic E-state index is 5.94. The van der Waals surface area contributed by atoms with Crippen molar-refractivity contribution in [1.29, 1.82) is 0 Å². The summed E-state index contributed by atoms with van der Waals surface area (Å²) >= 11 is 7.05. The van der Waals surface area contributed by atoms with Gasteiger partial charge in [-0.15, -0.1) is 0 Å². The van der Waals surface area contributed by atoms with Crippen molar-refractivity contribution in [2.45, 2.75) is 27.3 Å². The highest BCUT2D eigenvalue weighted by molar-refractivity contribution is 9.11. The van der Waals surface area contributed by atoms with Gasteiger partial charge in [0.25, 0.3) is 0 Å². The highest BCUT2D eigenvalue weighted by Gasteiger charge is 2.13. The number of benzene rings is 1. The lowest BCUT2D eigenvalue weighted by Gasteiger charge is -2.05. The maximum Gasteiger partial charge on any atom is 0.148 e. The fraction of sp³-hybridized carbons (Fsp3) is 0.429. The summed E-state index contributed by atoms with van der Waals surface area (Å²) in [4.78, 5) is 0. The molecule has 0 bridgehead atoms. The number of aryl methyl sites for hydroxylation is 1. The number of halogens is 2. The van der Waals surface area contributed by atoms with Crippen LogP contribution in [-0.2, 0) is 6.54 Å². The Morgan fingerprint density at radius 2 is 2.00 bits per heavy atom. The molecule has 18 heavy (non-hydrogen) atoms. The molecular weight excluding hydrogens is 358 g/mol. The third kappa shape index (κ3) is 2.98. The molecule has 4 heteroatoms. The van der Waals surface area contributed by atoms with Crippen LogP contribution in [0.15, 0.2) is 25.5 Å². The molecule has 2 rings (SSSR count). The fourth-order valence-corrected chi connectivity index (χ4v) is 3.24. The van der Waals surface area contributed by atoms with E-state index in [-0.39, 0.29) is 0 Å². The topological polar surface area (TPSA) is 25.2 Å². The zero-order valence-electron chi connectivity index (χ0n) is 10.8. The van der Waals surface area contributed by atoms with Gasteiger partial charge in [0.2, 0.25) is 0 Å². The molecule has 1 aromatic carbocycles. The van der Waals surface area contributed by atoms with Crippen LogP contribution in [0, 0.1) is 12.8 Å². The van der Waals surface area contributed by atoms with E-state index in [9.17, 15) is 0 Å². The van der Waals surface area contributed by atoms with E-state index in [4.69, 9.17) is 4.42 Å². The second-order valence-corrected chi connectivity index (χ2v) is 6.71. The third-order valence-electron chi connectivity index (χ3n) is 2.89. The van der Waals surface area contributed by atoms with Crippen molar-refractivity contribution in [1.82, 2.24) is 5.32 Å². The van der Waals surface area contributed by atoms with E-state index in [1.807, 2.05) is 6.07 Å². The Labute approximate surface area is 124 Å². The first-order chi connectivity index (χ1) is 8.49. The molecule has 0 radical (unpaired) electrons. The van der Waals surface area contributed by atoms with Gasteiger partial charge in [0.15, 0.2) is 0 Å². The summed E-state index contributed by atoms with van der Waals surface area (Å²) in [6.07, 6.45) is 0. The predicted octanol–water partition coefficient (Wildman–Crippen LogP) is 5.01. The van der Waals surface area contributed by atoms with Crippen LogP contribution >= 0.6 is 31.9 Å². The van der Waals surface area contributed by atoms with E-state index in [1.54, 1.807) is 0 Å². The summed E-state index contributed by atoms with van der Waals surface area (Å²) in [5, 5.41) is 4.58. The monoisotopic (exact) mass is 373 g/mol. The SMILES string of the molecule is Cc1c(CNCC(C)C)oc2c(Br)cc(Br)cc12. The lowest BCUT2D eigenvalue weighted by atomic mass is 10.1. The molecule has 98 valence electrons. The Morgan fingerprint density at radius 1 is 1.28 bits per heavy atom. The fourth-order valence-electron chi connectivity index (χ4n) is 1.94. The van der Waals surface area contributed by atoms with Gasteiger partial charge >= 0.3 is 0 Å². The molecule has 0 aliphatic heterocycles. The highest BCUT2D eigenvalue weighted by atomic mass is 79.9. The van der Waals surface area contributed by atoms with E-state index < -0.39 is 0 Å². The molecular formula is C14H17Br2NO. The predicted molar refractivity (Wildman–Crippen MR) is 82.9 cm³/mol. The van der Waals surface area contributed by atoms with Crippen molar-refractivity contribution in [2.75, 3.05) is 6.54 Å². The first-order valence-corrected chi connectivity index (χ1v) is 7.65. The zero-order valence-corrected chi connectivity index (χ0v) is 14.0. The van der Waals surface area contributed by atoms with Crippen LogP contribution in [0.25, 0.3) is 11.0 Å². The largest absolute Gasteiger partial charge is 0.458 e. The van der Waals surface area contributed by atoms with Crippen molar-refractivity contribution < 1.29 is 4.42 Å². The molecule has 0 spiro atoms.